The molecule has 2 aromatic heterocycles. The first-order valence-electron chi connectivity index (χ1n) is 8.05. The van der Waals surface area contributed by atoms with Crippen molar-refractivity contribution in [3.8, 4) is 11.4 Å². The number of rotatable bonds is 1. The molecule has 3 heteroatoms. The van der Waals surface area contributed by atoms with Gasteiger partial charge in [-0.3, -0.25) is 4.40 Å². The van der Waals surface area contributed by atoms with E-state index in [4.69, 9.17) is 9.97 Å². The molecule has 24 heavy (non-hydrogen) atoms. The topological polar surface area (TPSA) is 30.2 Å². The lowest BCUT2D eigenvalue weighted by Crippen LogP contribution is -1.99. The number of hydrogen-bond donors (Lipinski definition) is 0. The van der Waals surface area contributed by atoms with Gasteiger partial charge in [0.05, 0.1) is 16.6 Å². The fourth-order valence-electron chi connectivity index (χ4n) is 3.35. The molecule has 0 saturated carbocycles. The van der Waals surface area contributed by atoms with Gasteiger partial charge in [0.25, 0.3) is 0 Å². The van der Waals surface area contributed by atoms with E-state index in [-0.39, 0.29) is 0 Å². The lowest BCUT2D eigenvalue weighted by Gasteiger charge is -2.11. The Balaban J connectivity index is 2.06. The summed E-state index contributed by atoms with van der Waals surface area (Å²) in [6.45, 7) is 2.12. The van der Waals surface area contributed by atoms with Crippen LogP contribution in [0.3, 0.4) is 0 Å². The minimum Gasteiger partial charge on any atom is -0.276 e. The lowest BCUT2D eigenvalue weighted by molar-refractivity contribution is 1.15. The Morgan fingerprint density at radius 3 is 2.29 bits per heavy atom. The van der Waals surface area contributed by atoms with Crippen LogP contribution in [0, 0.1) is 6.92 Å². The van der Waals surface area contributed by atoms with E-state index < -0.39 is 0 Å². The molecule has 114 valence electrons. The monoisotopic (exact) mass is 309 g/mol. The summed E-state index contributed by atoms with van der Waals surface area (Å²) in [7, 11) is 0. The molecular weight excluding hydrogens is 294 g/mol. The van der Waals surface area contributed by atoms with Gasteiger partial charge in [-0.1, -0.05) is 48.5 Å². The second-order valence-corrected chi connectivity index (χ2v) is 6.03. The van der Waals surface area contributed by atoms with E-state index in [9.17, 15) is 0 Å². The zero-order valence-corrected chi connectivity index (χ0v) is 13.3. The maximum atomic E-state index is 4.98. The average Bonchev–Trinajstić information content (AvgIpc) is 3.01. The molecule has 0 radical (unpaired) electrons. The van der Waals surface area contributed by atoms with Gasteiger partial charge >= 0.3 is 0 Å². The number of para-hydroxylation sites is 3. The van der Waals surface area contributed by atoms with Crippen molar-refractivity contribution in [2.75, 3.05) is 0 Å². The van der Waals surface area contributed by atoms with E-state index >= 15 is 0 Å². The molecule has 0 saturated heterocycles. The maximum Gasteiger partial charge on any atom is 0.149 e. The summed E-state index contributed by atoms with van der Waals surface area (Å²) in [6.07, 6.45) is 0. The Bertz CT molecular complexity index is 1220. The predicted octanol–water partition coefficient (Wildman–Crippen LogP) is 5.01. The summed E-state index contributed by atoms with van der Waals surface area (Å²) in [5.41, 5.74) is 6.35. The van der Waals surface area contributed by atoms with Crippen LogP contribution in [0.1, 0.15) is 5.56 Å². The highest BCUT2D eigenvalue weighted by atomic mass is 15.1. The van der Waals surface area contributed by atoms with Gasteiger partial charge in [-0.15, -0.1) is 0 Å². The molecule has 0 aliphatic rings. The molecule has 0 atom stereocenters. The molecule has 0 aliphatic heterocycles. The van der Waals surface area contributed by atoms with Crippen LogP contribution in [0.15, 0.2) is 72.8 Å². The van der Waals surface area contributed by atoms with Gasteiger partial charge in [0, 0.05) is 10.9 Å². The highest BCUT2D eigenvalue weighted by Gasteiger charge is 2.15. The smallest absolute Gasteiger partial charge is 0.149 e. The molecule has 5 rings (SSSR count). The van der Waals surface area contributed by atoms with Crippen molar-refractivity contribution in [3.63, 3.8) is 0 Å². The van der Waals surface area contributed by atoms with Gasteiger partial charge in [0.1, 0.15) is 11.5 Å². The van der Waals surface area contributed by atoms with E-state index in [1.807, 2.05) is 24.3 Å². The van der Waals surface area contributed by atoms with Crippen LogP contribution in [-0.2, 0) is 0 Å². The van der Waals surface area contributed by atoms with Crippen LogP contribution in [0.5, 0.6) is 0 Å². The Hall–Kier alpha value is -3.20. The van der Waals surface area contributed by atoms with Crippen molar-refractivity contribution in [2.24, 2.45) is 0 Å². The zero-order valence-electron chi connectivity index (χ0n) is 13.3. The minimum absolute atomic E-state index is 0.940. The first-order valence-corrected chi connectivity index (χ1v) is 8.05. The fraction of sp³-hybridized carbons (Fsp3) is 0.0476. The highest BCUT2D eigenvalue weighted by molar-refractivity contribution is 5.98. The third-order valence-electron chi connectivity index (χ3n) is 4.53. The van der Waals surface area contributed by atoms with E-state index in [1.165, 1.54) is 5.56 Å². The summed E-state index contributed by atoms with van der Waals surface area (Å²) in [5.74, 6) is 0.940. The van der Waals surface area contributed by atoms with Crippen LogP contribution in [0.2, 0.25) is 0 Å². The summed E-state index contributed by atoms with van der Waals surface area (Å²) in [5, 5.41) is 1.08. The number of aromatic nitrogens is 3. The van der Waals surface area contributed by atoms with Crippen molar-refractivity contribution in [1.82, 2.24) is 14.4 Å². The SMILES string of the molecule is Cc1ccccc1-c1nc2ccccc2c2nc3ccccc3n12. The molecule has 3 aromatic carbocycles. The summed E-state index contributed by atoms with van der Waals surface area (Å²) in [6, 6.07) is 24.8. The lowest BCUT2D eigenvalue weighted by atomic mass is 10.1. The van der Waals surface area contributed by atoms with Crippen molar-refractivity contribution in [1.29, 1.82) is 0 Å². The summed E-state index contributed by atoms with van der Waals surface area (Å²) < 4.78 is 2.18. The third kappa shape index (κ3) is 1.78. The highest BCUT2D eigenvalue weighted by Crippen LogP contribution is 2.30. The van der Waals surface area contributed by atoms with E-state index in [0.29, 0.717) is 0 Å². The van der Waals surface area contributed by atoms with Crippen LogP contribution < -0.4 is 0 Å². The normalized spacial score (nSPS) is 11.5. The van der Waals surface area contributed by atoms with E-state index in [0.717, 1.165) is 39.0 Å². The minimum atomic E-state index is 0.940. The van der Waals surface area contributed by atoms with Crippen molar-refractivity contribution >= 4 is 27.6 Å². The van der Waals surface area contributed by atoms with Gasteiger partial charge in [0.15, 0.2) is 0 Å². The Morgan fingerprint density at radius 2 is 1.42 bits per heavy atom. The number of imidazole rings is 1. The maximum absolute atomic E-state index is 4.98. The van der Waals surface area contributed by atoms with Crippen LogP contribution in [0.4, 0.5) is 0 Å². The Kier molecular flexibility index (Phi) is 2.71. The average molecular weight is 309 g/mol. The van der Waals surface area contributed by atoms with Crippen molar-refractivity contribution < 1.29 is 0 Å². The first kappa shape index (κ1) is 13.3. The number of benzene rings is 3. The van der Waals surface area contributed by atoms with Crippen LogP contribution >= 0.6 is 0 Å². The molecule has 0 aliphatic carbocycles. The van der Waals surface area contributed by atoms with Gasteiger partial charge in [0.2, 0.25) is 0 Å². The third-order valence-corrected chi connectivity index (χ3v) is 4.53. The number of fused-ring (bicyclic) bond motifs is 5. The summed E-state index contributed by atoms with van der Waals surface area (Å²) >= 11 is 0. The quantitative estimate of drug-likeness (QED) is 0.435. The molecule has 0 bridgehead atoms. The van der Waals surface area contributed by atoms with Gasteiger partial charge in [-0.2, -0.15) is 0 Å². The molecule has 3 nitrogen and oxygen atoms in total. The molecule has 0 amide bonds. The Labute approximate surface area is 139 Å². The molecule has 0 N–H and O–H groups in total. The van der Waals surface area contributed by atoms with Gasteiger partial charge < -0.3 is 0 Å². The second-order valence-electron chi connectivity index (χ2n) is 6.03. The number of aryl methyl sites for hydroxylation is 1. The zero-order chi connectivity index (χ0) is 16.1. The fourth-order valence-corrected chi connectivity index (χ4v) is 3.35. The van der Waals surface area contributed by atoms with Gasteiger partial charge in [-0.25, -0.2) is 9.97 Å². The van der Waals surface area contributed by atoms with Crippen molar-refractivity contribution in [3.05, 3.63) is 78.4 Å². The van der Waals surface area contributed by atoms with E-state index in [2.05, 4.69) is 59.9 Å². The largest absolute Gasteiger partial charge is 0.276 e. The first-order chi connectivity index (χ1) is 11.8. The van der Waals surface area contributed by atoms with E-state index in [1.54, 1.807) is 0 Å². The molecule has 2 heterocycles. The van der Waals surface area contributed by atoms with Gasteiger partial charge in [-0.05, 0) is 36.8 Å². The standard InChI is InChI=1S/C21H15N3/c1-14-8-2-3-9-15(14)20-22-17-11-5-4-10-16(17)21-23-18-12-6-7-13-19(18)24(20)21/h2-13H,1H3. The molecule has 5 aromatic rings. The van der Waals surface area contributed by atoms with Crippen molar-refractivity contribution in [2.45, 2.75) is 6.92 Å². The van der Waals surface area contributed by atoms with Crippen LogP contribution in [-0.4, -0.2) is 14.4 Å². The molecule has 0 unspecified atom stereocenters. The molecule has 0 fully saturated rings. The summed E-state index contributed by atoms with van der Waals surface area (Å²) in [4.78, 5) is 9.86. The van der Waals surface area contributed by atoms with Crippen LogP contribution in [0.25, 0.3) is 39.0 Å². The molecule has 0 spiro atoms. The molecular formula is C21H15N3. The predicted molar refractivity (Wildman–Crippen MR) is 98.2 cm³/mol. The number of nitrogens with zero attached hydrogens (tertiary/aromatic N) is 3. The Morgan fingerprint density at radius 1 is 0.708 bits per heavy atom. The number of hydrogen-bond acceptors (Lipinski definition) is 2. The second kappa shape index (κ2) is 4.90.